The number of benzene rings is 1. The van der Waals surface area contributed by atoms with E-state index < -0.39 is 0 Å². The largest absolute Gasteiger partial charge is 0.386 e. The van der Waals surface area contributed by atoms with Gasteiger partial charge in [0.1, 0.15) is 0 Å². The van der Waals surface area contributed by atoms with Gasteiger partial charge in [-0.25, -0.2) is 4.99 Å². The van der Waals surface area contributed by atoms with E-state index in [1.807, 2.05) is 12.1 Å². The average Bonchev–Trinajstić information content (AvgIpc) is 3.04. The number of hydroxylamine groups is 1. The standard InChI is InChI=1S/C17H19N3O/c1-2-3-4-13-5-7-15(8-6-13)17-19-16(20-21-17)14-9-11-18-12-10-14/h5-12,16,20H,2-4H2,1H3. The third-order valence-electron chi connectivity index (χ3n) is 3.56. The smallest absolute Gasteiger partial charge is 0.242 e. The van der Waals surface area contributed by atoms with Crippen molar-refractivity contribution in [2.75, 3.05) is 0 Å². The second kappa shape index (κ2) is 6.50. The van der Waals surface area contributed by atoms with Crippen LogP contribution in [0.4, 0.5) is 0 Å². The van der Waals surface area contributed by atoms with Crippen molar-refractivity contribution in [3.05, 3.63) is 65.5 Å². The molecule has 3 rings (SSSR count). The minimum Gasteiger partial charge on any atom is -0.386 e. The first kappa shape index (κ1) is 13.8. The number of rotatable bonds is 5. The molecule has 1 aliphatic rings. The van der Waals surface area contributed by atoms with Gasteiger partial charge >= 0.3 is 0 Å². The summed E-state index contributed by atoms with van der Waals surface area (Å²) in [5, 5.41) is 0. The van der Waals surface area contributed by atoms with Crippen molar-refractivity contribution in [3.8, 4) is 0 Å². The molecule has 2 aromatic rings. The molecule has 21 heavy (non-hydrogen) atoms. The highest BCUT2D eigenvalue weighted by molar-refractivity contribution is 5.94. The third kappa shape index (κ3) is 3.28. The van der Waals surface area contributed by atoms with Crippen LogP contribution in [0.15, 0.2) is 53.8 Å². The molecule has 0 fully saturated rings. The lowest BCUT2D eigenvalue weighted by atomic mass is 10.1. The zero-order valence-corrected chi connectivity index (χ0v) is 12.1. The highest BCUT2D eigenvalue weighted by atomic mass is 16.7. The molecule has 4 nitrogen and oxygen atoms in total. The van der Waals surface area contributed by atoms with Crippen molar-refractivity contribution in [1.29, 1.82) is 0 Å². The molecule has 0 radical (unpaired) electrons. The number of aryl methyl sites for hydroxylation is 1. The zero-order valence-electron chi connectivity index (χ0n) is 12.1. The molecular weight excluding hydrogens is 262 g/mol. The Morgan fingerprint density at radius 1 is 1.10 bits per heavy atom. The molecule has 1 aromatic carbocycles. The Labute approximate surface area is 124 Å². The van der Waals surface area contributed by atoms with Gasteiger partial charge in [0, 0.05) is 18.0 Å². The molecule has 0 saturated carbocycles. The van der Waals surface area contributed by atoms with E-state index in [0.717, 1.165) is 17.5 Å². The molecule has 0 amide bonds. The molecule has 1 unspecified atom stereocenters. The Bertz CT molecular complexity index is 608. The Kier molecular flexibility index (Phi) is 4.26. The van der Waals surface area contributed by atoms with E-state index in [4.69, 9.17) is 4.84 Å². The number of nitrogens with zero attached hydrogens (tertiary/aromatic N) is 2. The number of hydrogen-bond donors (Lipinski definition) is 1. The monoisotopic (exact) mass is 281 g/mol. The van der Waals surface area contributed by atoms with Gasteiger partial charge < -0.3 is 4.84 Å². The molecule has 0 saturated heterocycles. The zero-order chi connectivity index (χ0) is 14.5. The van der Waals surface area contributed by atoms with Gasteiger partial charge in [0.25, 0.3) is 0 Å². The maximum Gasteiger partial charge on any atom is 0.242 e. The molecule has 2 heterocycles. The Morgan fingerprint density at radius 3 is 2.57 bits per heavy atom. The van der Waals surface area contributed by atoms with Crippen LogP contribution in [0.25, 0.3) is 0 Å². The van der Waals surface area contributed by atoms with E-state index in [1.165, 1.54) is 18.4 Å². The van der Waals surface area contributed by atoms with Gasteiger partial charge in [0.2, 0.25) is 5.90 Å². The second-order valence-corrected chi connectivity index (χ2v) is 5.14. The first-order valence-electron chi connectivity index (χ1n) is 7.36. The molecule has 0 aliphatic carbocycles. The summed E-state index contributed by atoms with van der Waals surface area (Å²) >= 11 is 0. The van der Waals surface area contributed by atoms with E-state index in [2.05, 4.69) is 46.6 Å². The second-order valence-electron chi connectivity index (χ2n) is 5.14. The fourth-order valence-electron chi connectivity index (χ4n) is 2.30. The van der Waals surface area contributed by atoms with Crippen molar-refractivity contribution in [3.63, 3.8) is 0 Å². The van der Waals surface area contributed by atoms with Crippen LogP contribution >= 0.6 is 0 Å². The highest BCUT2D eigenvalue weighted by Crippen LogP contribution is 2.21. The Morgan fingerprint density at radius 2 is 1.86 bits per heavy atom. The molecule has 1 aromatic heterocycles. The molecule has 1 N–H and O–H groups in total. The van der Waals surface area contributed by atoms with E-state index in [0.29, 0.717) is 5.90 Å². The van der Waals surface area contributed by atoms with Crippen LogP contribution < -0.4 is 5.48 Å². The third-order valence-corrected chi connectivity index (χ3v) is 3.56. The lowest BCUT2D eigenvalue weighted by Crippen LogP contribution is -2.14. The Hall–Kier alpha value is -2.20. The van der Waals surface area contributed by atoms with Gasteiger partial charge in [-0.3, -0.25) is 4.98 Å². The normalized spacial score (nSPS) is 17.4. The number of unbranched alkanes of at least 4 members (excludes halogenated alkanes) is 1. The summed E-state index contributed by atoms with van der Waals surface area (Å²) in [6.07, 6.45) is 6.92. The lowest BCUT2D eigenvalue weighted by Gasteiger charge is -2.04. The maximum absolute atomic E-state index is 5.51. The van der Waals surface area contributed by atoms with Crippen molar-refractivity contribution in [1.82, 2.24) is 10.5 Å². The van der Waals surface area contributed by atoms with E-state index in [1.54, 1.807) is 12.4 Å². The van der Waals surface area contributed by atoms with Gasteiger partial charge in [-0.2, -0.15) is 0 Å². The summed E-state index contributed by atoms with van der Waals surface area (Å²) in [4.78, 5) is 14.1. The van der Waals surface area contributed by atoms with E-state index in [9.17, 15) is 0 Å². The van der Waals surface area contributed by atoms with Crippen molar-refractivity contribution in [2.24, 2.45) is 4.99 Å². The fourth-order valence-corrected chi connectivity index (χ4v) is 2.30. The predicted molar refractivity (Wildman–Crippen MR) is 82.8 cm³/mol. The molecule has 0 bridgehead atoms. The number of aliphatic imine (C=N–C) groups is 1. The maximum atomic E-state index is 5.51. The molecule has 108 valence electrons. The molecule has 0 spiro atoms. The van der Waals surface area contributed by atoms with Gasteiger partial charge in [0.15, 0.2) is 6.17 Å². The molecule has 1 aliphatic heterocycles. The minimum absolute atomic E-state index is 0.164. The first-order chi connectivity index (χ1) is 10.4. The van der Waals surface area contributed by atoms with Gasteiger partial charge in [0.05, 0.1) is 0 Å². The number of pyridine rings is 1. The van der Waals surface area contributed by atoms with Crippen molar-refractivity contribution < 1.29 is 4.84 Å². The molecular formula is C17H19N3O. The van der Waals surface area contributed by atoms with E-state index in [-0.39, 0.29) is 6.17 Å². The number of hydrogen-bond acceptors (Lipinski definition) is 4. The Balaban J connectivity index is 1.72. The minimum atomic E-state index is -0.164. The number of aromatic nitrogens is 1. The van der Waals surface area contributed by atoms with Crippen LogP contribution in [0.2, 0.25) is 0 Å². The van der Waals surface area contributed by atoms with Crippen molar-refractivity contribution in [2.45, 2.75) is 32.4 Å². The van der Waals surface area contributed by atoms with Crippen LogP contribution in [-0.2, 0) is 11.3 Å². The van der Waals surface area contributed by atoms with Crippen LogP contribution in [0.1, 0.15) is 42.6 Å². The summed E-state index contributed by atoms with van der Waals surface area (Å²) < 4.78 is 0. The first-order valence-corrected chi connectivity index (χ1v) is 7.36. The quantitative estimate of drug-likeness (QED) is 0.913. The topological polar surface area (TPSA) is 46.5 Å². The summed E-state index contributed by atoms with van der Waals surface area (Å²) in [6.45, 7) is 2.21. The highest BCUT2D eigenvalue weighted by Gasteiger charge is 2.21. The van der Waals surface area contributed by atoms with Gasteiger partial charge in [-0.05, 0) is 48.2 Å². The molecule has 4 heteroatoms. The van der Waals surface area contributed by atoms with Crippen molar-refractivity contribution >= 4 is 5.90 Å². The SMILES string of the molecule is CCCCc1ccc(C2=NC(c3ccncc3)NO2)cc1. The summed E-state index contributed by atoms with van der Waals surface area (Å²) in [6, 6.07) is 12.3. The predicted octanol–water partition coefficient (Wildman–Crippen LogP) is 3.40. The van der Waals surface area contributed by atoms with Crippen LogP contribution in [-0.4, -0.2) is 10.9 Å². The summed E-state index contributed by atoms with van der Waals surface area (Å²) in [5.74, 6) is 0.638. The van der Waals surface area contributed by atoms with Crippen LogP contribution in [0.3, 0.4) is 0 Å². The van der Waals surface area contributed by atoms with Crippen LogP contribution in [0, 0.1) is 0 Å². The fraction of sp³-hybridized carbons (Fsp3) is 0.294. The van der Waals surface area contributed by atoms with E-state index >= 15 is 0 Å². The lowest BCUT2D eigenvalue weighted by molar-refractivity contribution is 0.180. The average molecular weight is 281 g/mol. The van der Waals surface area contributed by atoms with Gasteiger partial charge in [-0.1, -0.05) is 25.5 Å². The summed E-state index contributed by atoms with van der Waals surface area (Å²) in [5.41, 5.74) is 6.34. The van der Waals surface area contributed by atoms with Gasteiger partial charge in [-0.15, -0.1) is 5.48 Å². The summed E-state index contributed by atoms with van der Waals surface area (Å²) in [7, 11) is 0. The molecule has 1 atom stereocenters. The van der Waals surface area contributed by atoms with Crippen LogP contribution in [0.5, 0.6) is 0 Å². The number of nitrogens with one attached hydrogen (secondary N) is 1.